The third-order valence-corrected chi connectivity index (χ3v) is 5.47. The highest BCUT2D eigenvalue weighted by Crippen LogP contribution is 2.30. The summed E-state index contributed by atoms with van der Waals surface area (Å²) in [7, 11) is 3.23. The molecule has 0 aromatic heterocycles. The monoisotopic (exact) mass is 433 g/mol. The predicted octanol–water partition coefficient (Wildman–Crippen LogP) is 4.38. The van der Waals surface area contributed by atoms with Crippen molar-refractivity contribution >= 4 is 5.91 Å². The standard InChI is InChI=1S/C26H27NO5/c1-29-23-13-10-21(24(16-23)30-2)17-27-14-15-31-25(26(27)28)20-8-11-22(12-9-20)32-18-19-6-4-3-5-7-19/h3-13,16,25H,14-15,17-18H2,1-2H3. The molecule has 1 unspecified atom stereocenters. The maximum atomic E-state index is 13.2. The molecule has 1 aliphatic rings. The van der Waals surface area contributed by atoms with Gasteiger partial charge in [-0.2, -0.15) is 0 Å². The van der Waals surface area contributed by atoms with Crippen molar-refractivity contribution in [2.24, 2.45) is 0 Å². The van der Waals surface area contributed by atoms with Crippen LogP contribution in [0.1, 0.15) is 22.8 Å². The number of morpholine rings is 1. The molecule has 1 fully saturated rings. The highest BCUT2D eigenvalue weighted by Gasteiger charge is 2.31. The van der Waals surface area contributed by atoms with Gasteiger partial charge in [-0.25, -0.2) is 0 Å². The van der Waals surface area contributed by atoms with Crippen LogP contribution in [-0.4, -0.2) is 38.2 Å². The van der Waals surface area contributed by atoms with E-state index in [1.165, 1.54) is 0 Å². The van der Waals surface area contributed by atoms with Crippen molar-refractivity contribution in [1.29, 1.82) is 0 Å². The molecule has 4 rings (SSSR count). The first-order valence-electron chi connectivity index (χ1n) is 10.6. The predicted molar refractivity (Wildman–Crippen MR) is 121 cm³/mol. The largest absolute Gasteiger partial charge is 0.497 e. The van der Waals surface area contributed by atoms with Crippen LogP contribution in [0.5, 0.6) is 17.2 Å². The van der Waals surface area contributed by atoms with Crippen molar-refractivity contribution in [2.45, 2.75) is 19.3 Å². The smallest absolute Gasteiger partial charge is 0.256 e. The summed E-state index contributed by atoms with van der Waals surface area (Å²) in [6.07, 6.45) is -0.629. The second-order valence-corrected chi connectivity index (χ2v) is 7.53. The number of nitrogens with zero attached hydrogens (tertiary/aromatic N) is 1. The maximum absolute atomic E-state index is 13.2. The van der Waals surface area contributed by atoms with Gasteiger partial charge in [0.2, 0.25) is 0 Å². The van der Waals surface area contributed by atoms with E-state index in [-0.39, 0.29) is 5.91 Å². The van der Waals surface area contributed by atoms with E-state index in [2.05, 4.69) is 0 Å². The zero-order valence-corrected chi connectivity index (χ0v) is 18.3. The third kappa shape index (κ3) is 5.03. The molecule has 32 heavy (non-hydrogen) atoms. The van der Waals surface area contributed by atoms with Crippen molar-refractivity contribution in [3.63, 3.8) is 0 Å². The minimum Gasteiger partial charge on any atom is -0.497 e. The van der Waals surface area contributed by atoms with Gasteiger partial charge in [-0.3, -0.25) is 4.79 Å². The number of hydrogen-bond acceptors (Lipinski definition) is 5. The zero-order chi connectivity index (χ0) is 22.3. The number of hydrogen-bond donors (Lipinski definition) is 0. The first-order valence-corrected chi connectivity index (χ1v) is 10.6. The molecular weight excluding hydrogens is 406 g/mol. The van der Waals surface area contributed by atoms with E-state index >= 15 is 0 Å². The summed E-state index contributed by atoms with van der Waals surface area (Å²) in [4.78, 5) is 15.0. The van der Waals surface area contributed by atoms with Crippen LogP contribution >= 0.6 is 0 Å². The minimum absolute atomic E-state index is 0.0629. The molecule has 1 aliphatic heterocycles. The first kappa shape index (κ1) is 21.7. The Hall–Kier alpha value is -3.51. The van der Waals surface area contributed by atoms with Crippen molar-refractivity contribution in [2.75, 3.05) is 27.4 Å². The molecule has 6 heteroatoms. The molecule has 0 saturated carbocycles. The van der Waals surface area contributed by atoms with Crippen LogP contribution in [0.3, 0.4) is 0 Å². The summed E-state index contributed by atoms with van der Waals surface area (Å²) in [5.41, 5.74) is 2.84. The summed E-state index contributed by atoms with van der Waals surface area (Å²) in [6.45, 7) is 1.95. The summed E-state index contributed by atoms with van der Waals surface area (Å²) in [6, 6.07) is 23.1. The lowest BCUT2D eigenvalue weighted by Gasteiger charge is -2.33. The molecule has 1 saturated heterocycles. The van der Waals surface area contributed by atoms with E-state index in [1.54, 1.807) is 19.1 Å². The Morgan fingerprint density at radius 1 is 0.938 bits per heavy atom. The van der Waals surface area contributed by atoms with Gasteiger partial charge in [0.1, 0.15) is 23.9 Å². The minimum atomic E-state index is -0.629. The van der Waals surface area contributed by atoms with Gasteiger partial charge >= 0.3 is 0 Å². The van der Waals surface area contributed by atoms with Gasteiger partial charge in [0.05, 0.1) is 20.8 Å². The molecule has 3 aromatic rings. The molecule has 1 atom stereocenters. The molecule has 166 valence electrons. The van der Waals surface area contributed by atoms with Crippen molar-refractivity contribution in [3.8, 4) is 17.2 Å². The van der Waals surface area contributed by atoms with E-state index in [1.807, 2.05) is 72.8 Å². The number of carbonyl (C=O) groups excluding carboxylic acids is 1. The van der Waals surface area contributed by atoms with E-state index in [9.17, 15) is 4.79 Å². The molecule has 0 spiro atoms. The Morgan fingerprint density at radius 3 is 2.41 bits per heavy atom. The Morgan fingerprint density at radius 2 is 1.69 bits per heavy atom. The highest BCUT2D eigenvalue weighted by molar-refractivity contribution is 5.83. The van der Waals surface area contributed by atoms with Gasteiger partial charge in [0.15, 0.2) is 6.10 Å². The summed E-state index contributed by atoms with van der Waals surface area (Å²) >= 11 is 0. The maximum Gasteiger partial charge on any atom is 0.256 e. The zero-order valence-electron chi connectivity index (χ0n) is 18.3. The lowest BCUT2D eigenvalue weighted by Crippen LogP contribution is -2.43. The molecule has 3 aromatic carbocycles. The molecule has 0 N–H and O–H groups in total. The number of benzene rings is 3. The average molecular weight is 434 g/mol. The van der Waals surface area contributed by atoms with Crippen LogP contribution in [0.4, 0.5) is 0 Å². The van der Waals surface area contributed by atoms with Gasteiger partial charge in [0.25, 0.3) is 5.91 Å². The fourth-order valence-corrected chi connectivity index (χ4v) is 3.69. The topological polar surface area (TPSA) is 57.2 Å². The Balaban J connectivity index is 1.41. The van der Waals surface area contributed by atoms with Gasteiger partial charge in [-0.05, 0) is 35.4 Å². The number of carbonyl (C=O) groups is 1. The second kappa shape index (κ2) is 10.2. The SMILES string of the molecule is COc1ccc(CN2CCOC(c3ccc(OCc4ccccc4)cc3)C2=O)c(OC)c1. The van der Waals surface area contributed by atoms with E-state index in [4.69, 9.17) is 18.9 Å². The van der Waals surface area contributed by atoms with Crippen LogP contribution in [0.25, 0.3) is 0 Å². The summed E-state index contributed by atoms with van der Waals surface area (Å²) < 4.78 is 22.4. The van der Waals surface area contributed by atoms with E-state index in [0.29, 0.717) is 37.8 Å². The molecule has 6 nitrogen and oxygen atoms in total. The van der Waals surface area contributed by atoms with Crippen LogP contribution in [0.2, 0.25) is 0 Å². The molecule has 0 bridgehead atoms. The van der Waals surface area contributed by atoms with Gasteiger partial charge in [-0.15, -0.1) is 0 Å². The highest BCUT2D eigenvalue weighted by atomic mass is 16.5. The normalized spacial score (nSPS) is 16.0. The number of methoxy groups -OCH3 is 2. The first-order chi connectivity index (χ1) is 15.7. The number of rotatable bonds is 8. The lowest BCUT2D eigenvalue weighted by atomic mass is 10.1. The van der Waals surface area contributed by atoms with E-state index < -0.39 is 6.10 Å². The quantitative estimate of drug-likeness (QED) is 0.528. The molecule has 0 aliphatic carbocycles. The van der Waals surface area contributed by atoms with Gasteiger partial charge in [-0.1, -0.05) is 42.5 Å². The Kier molecular flexibility index (Phi) is 6.92. The van der Waals surface area contributed by atoms with Crippen LogP contribution < -0.4 is 14.2 Å². The van der Waals surface area contributed by atoms with Crippen LogP contribution in [0.15, 0.2) is 72.8 Å². The summed E-state index contributed by atoms with van der Waals surface area (Å²) in [5, 5.41) is 0. The Bertz CT molecular complexity index is 1040. The number of ether oxygens (including phenoxy) is 4. The lowest BCUT2D eigenvalue weighted by molar-refractivity contribution is -0.154. The van der Waals surface area contributed by atoms with Gasteiger partial charge < -0.3 is 23.8 Å². The van der Waals surface area contributed by atoms with Crippen LogP contribution in [0, 0.1) is 0 Å². The Labute approximate surface area is 188 Å². The fourth-order valence-electron chi connectivity index (χ4n) is 3.69. The van der Waals surface area contributed by atoms with Crippen molar-refractivity contribution in [1.82, 2.24) is 4.90 Å². The second-order valence-electron chi connectivity index (χ2n) is 7.53. The van der Waals surface area contributed by atoms with Crippen molar-refractivity contribution < 1.29 is 23.7 Å². The van der Waals surface area contributed by atoms with Crippen molar-refractivity contribution in [3.05, 3.63) is 89.5 Å². The third-order valence-electron chi connectivity index (χ3n) is 5.47. The van der Waals surface area contributed by atoms with E-state index in [0.717, 1.165) is 22.4 Å². The molecule has 0 radical (unpaired) electrons. The molecule has 1 heterocycles. The molecular formula is C26H27NO5. The molecule has 1 amide bonds. The van der Waals surface area contributed by atoms with Crippen LogP contribution in [-0.2, 0) is 22.7 Å². The summed E-state index contributed by atoms with van der Waals surface area (Å²) in [5.74, 6) is 2.10. The average Bonchev–Trinajstić information content (AvgIpc) is 2.85. The van der Waals surface area contributed by atoms with Gasteiger partial charge in [0, 0.05) is 24.7 Å². The number of amides is 1. The fraction of sp³-hybridized carbons (Fsp3) is 0.269.